The smallest absolute Gasteiger partial charge is 0.322 e. The number of rotatable bonds is 8. The van der Waals surface area contributed by atoms with E-state index in [1.165, 1.54) is 0 Å². The molecule has 0 aliphatic rings. The summed E-state index contributed by atoms with van der Waals surface area (Å²) in [5.41, 5.74) is 0. The van der Waals surface area contributed by atoms with Gasteiger partial charge < -0.3 is 9.52 Å². The van der Waals surface area contributed by atoms with Gasteiger partial charge in [-0.05, 0) is 13.0 Å². The Kier molecular flexibility index (Phi) is 6.44. The van der Waals surface area contributed by atoms with E-state index in [9.17, 15) is 4.79 Å². The molecule has 1 rings (SSSR count). The second kappa shape index (κ2) is 7.85. The number of aliphatic hydroxyl groups excluding tert-OH is 1. The Morgan fingerprint density at radius 1 is 1.47 bits per heavy atom. The van der Waals surface area contributed by atoms with Crippen LogP contribution in [0.4, 0.5) is 6.01 Å². The molecular formula is C12H22N4O3. The van der Waals surface area contributed by atoms with Crippen LogP contribution < -0.4 is 5.32 Å². The number of aliphatic hydroxyl groups is 1. The Labute approximate surface area is 113 Å². The third-order valence-corrected chi connectivity index (χ3v) is 2.63. The van der Waals surface area contributed by atoms with E-state index in [4.69, 9.17) is 9.52 Å². The van der Waals surface area contributed by atoms with Gasteiger partial charge in [-0.3, -0.25) is 15.0 Å². The first-order valence-electron chi connectivity index (χ1n) is 6.53. The highest BCUT2D eigenvalue weighted by atomic mass is 16.4. The van der Waals surface area contributed by atoms with E-state index in [1.807, 2.05) is 25.7 Å². The molecule has 0 bridgehead atoms. The van der Waals surface area contributed by atoms with E-state index in [1.54, 1.807) is 0 Å². The molecule has 1 amide bonds. The van der Waals surface area contributed by atoms with Crippen molar-refractivity contribution in [2.45, 2.75) is 33.1 Å². The number of carbonyl (C=O) groups is 1. The molecule has 1 aromatic heterocycles. The Morgan fingerprint density at radius 3 is 2.74 bits per heavy atom. The third-order valence-electron chi connectivity index (χ3n) is 2.63. The summed E-state index contributed by atoms with van der Waals surface area (Å²) in [5.74, 6) is 0.441. The van der Waals surface area contributed by atoms with Crippen LogP contribution in [0.1, 0.15) is 39.0 Å². The van der Waals surface area contributed by atoms with E-state index in [-0.39, 0.29) is 31.0 Å². The Balaban J connectivity index is 2.44. The van der Waals surface area contributed by atoms with Gasteiger partial charge in [-0.2, -0.15) is 0 Å². The topological polar surface area (TPSA) is 91.5 Å². The van der Waals surface area contributed by atoms with Gasteiger partial charge in [0.15, 0.2) is 0 Å². The molecule has 0 unspecified atom stereocenters. The lowest BCUT2D eigenvalue weighted by Crippen LogP contribution is -2.34. The molecule has 1 heterocycles. The van der Waals surface area contributed by atoms with Gasteiger partial charge >= 0.3 is 6.01 Å². The molecule has 0 radical (unpaired) electrons. The van der Waals surface area contributed by atoms with Gasteiger partial charge in [0.05, 0.1) is 6.54 Å². The fraction of sp³-hybridized carbons (Fsp3) is 0.750. The fourth-order valence-electron chi connectivity index (χ4n) is 1.52. The summed E-state index contributed by atoms with van der Waals surface area (Å²) in [4.78, 5) is 13.7. The van der Waals surface area contributed by atoms with Crippen molar-refractivity contribution in [3.05, 3.63) is 5.89 Å². The summed E-state index contributed by atoms with van der Waals surface area (Å²) in [5, 5.41) is 19.0. The fourth-order valence-corrected chi connectivity index (χ4v) is 1.52. The number of nitrogens with one attached hydrogen (secondary N) is 1. The van der Waals surface area contributed by atoms with E-state index in [0.29, 0.717) is 18.9 Å². The van der Waals surface area contributed by atoms with Gasteiger partial charge in [-0.15, -0.1) is 5.10 Å². The molecule has 0 fully saturated rings. The predicted octanol–water partition coefficient (Wildman–Crippen LogP) is 0.836. The molecule has 7 heteroatoms. The first-order valence-corrected chi connectivity index (χ1v) is 6.53. The molecule has 0 aromatic carbocycles. The van der Waals surface area contributed by atoms with E-state index >= 15 is 0 Å². The highest BCUT2D eigenvalue weighted by molar-refractivity contribution is 5.90. The molecule has 19 heavy (non-hydrogen) atoms. The summed E-state index contributed by atoms with van der Waals surface area (Å²) >= 11 is 0. The number of nitrogens with zero attached hydrogens (tertiary/aromatic N) is 3. The lowest BCUT2D eigenvalue weighted by Gasteiger charge is -2.18. The van der Waals surface area contributed by atoms with Gasteiger partial charge in [0.2, 0.25) is 11.8 Å². The zero-order valence-corrected chi connectivity index (χ0v) is 11.7. The Bertz CT molecular complexity index is 392. The van der Waals surface area contributed by atoms with Gasteiger partial charge in [0.1, 0.15) is 0 Å². The Morgan fingerprint density at radius 2 is 2.21 bits per heavy atom. The number of hydrogen-bond acceptors (Lipinski definition) is 6. The molecule has 0 atom stereocenters. The van der Waals surface area contributed by atoms with Crippen molar-refractivity contribution in [3.63, 3.8) is 0 Å². The molecule has 2 N–H and O–H groups in total. The summed E-state index contributed by atoms with van der Waals surface area (Å²) < 4.78 is 5.30. The molecule has 0 saturated heterocycles. The van der Waals surface area contributed by atoms with E-state index in [2.05, 4.69) is 15.5 Å². The van der Waals surface area contributed by atoms with Crippen LogP contribution in [0, 0.1) is 0 Å². The van der Waals surface area contributed by atoms with Crippen molar-refractivity contribution in [2.24, 2.45) is 0 Å². The maximum absolute atomic E-state index is 11.8. The lowest BCUT2D eigenvalue weighted by atomic mass is 10.2. The zero-order valence-electron chi connectivity index (χ0n) is 11.7. The van der Waals surface area contributed by atoms with Crippen molar-refractivity contribution in [2.75, 3.05) is 31.6 Å². The van der Waals surface area contributed by atoms with E-state index < -0.39 is 0 Å². The van der Waals surface area contributed by atoms with Crippen molar-refractivity contribution >= 4 is 11.9 Å². The quantitative estimate of drug-likeness (QED) is 0.727. The Hall–Kier alpha value is -1.47. The van der Waals surface area contributed by atoms with Crippen LogP contribution in [-0.4, -0.2) is 52.4 Å². The molecule has 0 aliphatic heterocycles. The third kappa shape index (κ3) is 5.35. The summed E-state index contributed by atoms with van der Waals surface area (Å²) in [7, 11) is 0. The summed E-state index contributed by atoms with van der Waals surface area (Å²) in [6.07, 6.45) is 0.652. The average molecular weight is 270 g/mol. The first-order chi connectivity index (χ1) is 9.06. The minimum atomic E-state index is -0.196. The van der Waals surface area contributed by atoms with Gasteiger partial charge in [-0.25, -0.2) is 0 Å². The second-order valence-electron chi connectivity index (χ2n) is 4.59. The number of amides is 1. The molecule has 108 valence electrons. The maximum Gasteiger partial charge on any atom is 0.322 e. The SMILES string of the molecule is CCN(CCCO)CC(=O)Nc1nnc(C(C)C)o1. The largest absolute Gasteiger partial charge is 0.408 e. The van der Waals surface area contributed by atoms with Crippen LogP contribution in [0.3, 0.4) is 0 Å². The molecular weight excluding hydrogens is 248 g/mol. The monoisotopic (exact) mass is 270 g/mol. The van der Waals surface area contributed by atoms with Gasteiger partial charge in [-0.1, -0.05) is 25.9 Å². The van der Waals surface area contributed by atoms with Crippen LogP contribution in [0.2, 0.25) is 0 Å². The second-order valence-corrected chi connectivity index (χ2v) is 4.59. The number of likely N-dealkylation sites (N-methyl/N-ethyl adjacent to an activating group) is 1. The highest BCUT2D eigenvalue weighted by Crippen LogP contribution is 2.14. The van der Waals surface area contributed by atoms with Gasteiger partial charge in [0.25, 0.3) is 0 Å². The predicted molar refractivity (Wildman–Crippen MR) is 70.8 cm³/mol. The van der Waals surface area contributed by atoms with Crippen molar-refractivity contribution in [1.29, 1.82) is 0 Å². The standard InChI is InChI=1S/C12H22N4O3/c1-4-16(6-5-7-17)8-10(18)13-12-15-14-11(19-12)9(2)3/h9,17H,4-8H2,1-3H3,(H,13,15,18). The minimum absolute atomic E-state index is 0.125. The van der Waals surface area contributed by atoms with E-state index in [0.717, 1.165) is 6.54 Å². The average Bonchev–Trinajstić information content (AvgIpc) is 2.83. The molecule has 0 aliphatic carbocycles. The summed E-state index contributed by atoms with van der Waals surface area (Å²) in [6.45, 7) is 7.64. The zero-order chi connectivity index (χ0) is 14.3. The van der Waals surface area contributed by atoms with Crippen molar-refractivity contribution in [3.8, 4) is 0 Å². The highest BCUT2D eigenvalue weighted by Gasteiger charge is 2.14. The number of carbonyl (C=O) groups excluding carboxylic acids is 1. The molecule has 0 saturated carbocycles. The normalized spacial score (nSPS) is 11.3. The number of aromatic nitrogens is 2. The maximum atomic E-state index is 11.8. The van der Waals surface area contributed by atoms with Crippen LogP contribution in [0.15, 0.2) is 4.42 Å². The molecule has 7 nitrogen and oxygen atoms in total. The van der Waals surface area contributed by atoms with Gasteiger partial charge in [0, 0.05) is 19.1 Å². The summed E-state index contributed by atoms with van der Waals surface area (Å²) in [6, 6.07) is 0.131. The first kappa shape index (κ1) is 15.6. The lowest BCUT2D eigenvalue weighted by molar-refractivity contribution is -0.117. The van der Waals surface area contributed by atoms with Crippen molar-refractivity contribution in [1.82, 2.24) is 15.1 Å². The molecule has 0 spiro atoms. The number of anilines is 1. The minimum Gasteiger partial charge on any atom is -0.408 e. The number of hydrogen-bond donors (Lipinski definition) is 2. The van der Waals surface area contributed by atoms with Crippen LogP contribution in [0.5, 0.6) is 0 Å². The van der Waals surface area contributed by atoms with Crippen molar-refractivity contribution < 1.29 is 14.3 Å². The van der Waals surface area contributed by atoms with Crippen LogP contribution >= 0.6 is 0 Å². The van der Waals surface area contributed by atoms with Crippen LogP contribution in [0.25, 0.3) is 0 Å². The molecule has 1 aromatic rings. The van der Waals surface area contributed by atoms with Crippen LogP contribution in [-0.2, 0) is 4.79 Å².